The van der Waals surface area contributed by atoms with E-state index in [4.69, 9.17) is 5.26 Å². The van der Waals surface area contributed by atoms with Crippen LogP contribution in [0.1, 0.15) is 19.4 Å². The highest BCUT2D eigenvalue weighted by Crippen LogP contribution is 2.15. The monoisotopic (exact) mass is 298 g/mol. The molecule has 0 unspecified atom stereocenters. The zero-order valence-electron chi connectivity index (χ0n) is 10.8. The Bertz CT molecular complexity index is 599. The smallest absolute Gasteiger partial charge is 0.267 e. The van der Waals surface area contributed by atoms with Gasteiger partial charge in [0.25, 0.3) is 0 Å². The molecule has 1 aromatic carbocycles. The Morgan fingerprint density at radius 3 is 2.37 bits per heavy atom. The Morgan fingerprint density at radius 2 is 1.95 bits per heavy atom. The van der Waals surface area contributed by atoms with Crippen LogP contribution in [0.5, 0.6) is 0 Å². The molecular weight excluding hydrogens is 284 g/mol. The summed E-state index contributed by atoms with van der Waals surface area (Å²) in [4.78, 5) is 1.04. The van der Waals surface area contributed by atoms with Crippen molar-refractivity contribution in [1.29, 1.82) is 5.26 Å². The van der Waals surface area contributed by atoms with Crippen LogP contribution in [-0.4, -0.2) is 25.6 Å². The molecule has 0 atom stereocenters. The molecule has 0 saturated heterocycles. The third-order valence-corrected chi connectivity index (χ3v) is 4.46. The molecule has 0 amide bonds. The number of rotatable bonds is 5. The van der Waals surface area contributed by atoms with Crippen molar-refractivity contribution in [3.63, 3.8) is 0 Å². The van der Waals surface area contributed by atoms with Crippen LogP contribution >= 0.6 is 11.8 Å². The van der Waals surface area contributed by atoms with E-state index < -0.39 is 15.4 Å². The predicted octanol–water partition coefficient (Wildman–Crippen LogP) is 2.39. The fourth-order valence-electron chi connectivity index (χ4n) is 1.06. The highest BCUT2D eigenvalue weighted by molar-refractivity contribution is 7.98. The first-order chi connectivity index (χ1) is 8.90. The molecule has 0 radical (unpaired) electrons. The molecule has 19 heavy (non-hydrogen) atoms. The summed E-state index contributed by atoms with van der Waals surface area (Å²) >= 11 is 1.57. The van der Waals surface area contributed by atoms with E-state index in [1.165, 1.54) is 13.8 Å². The molecule has 7 heteroatoms. The van der Waals surface area contributed by atoms with Crippen LogP contribution in [0.4, 0.5) is 0 Å². The van der Waals surface area contributed by atoms with Crippen LogP contribution in [-0.2, 0) is 14.4 Å². The largest absolute Gasteiger partial charge is 0.330 e. The summed E-state index contributed by atoms with van der Waals surface area (Å²) < 4.78 is 27.4. The lowest BCUT2D eigenvalue weighted by Gasteiger charge is -2.04. The number of thioether (sulfide) groups is 1. The van der Waals surface area contributed by atoms with Crippen LogP contribution in [0, 0.1) is 11.3 Å². The second kappa shape index (κ2) is 6.59. The summed E-state index contributed by atoms with van der Waals surface area (Å²) in [5.74, 6) is 0. The summed E-state index contributed by atoms with van der Waals surface area (Å²) in [5, 5.41) is 11.7. The topological polar surface area (TPSA) is 79.5 Å². The third-order valence-electron chi connectivity index (χ3n) is 2.28. The first-order valence-corrected chi connectivity index (χ1v) is 8.15. The van der Waals surface area contributed by atoms with E-state index in [1.54, 1.807) is 23.9 Å². The summed E-state index contributed by atoms with van der Waals surface area (Å²) in [6.07, 6.45) is 1.94. The predicted molar refractivity (Wildman–Crippen MR) is 75.5 cm³/mol. The van der Waals surface area contributed by atoms with Crippen molar-refractivity contribution in [3.8, 4) is 6.07 Å². The lowest BCUT2D eigenvalue weighted by atomic mass is 10.1. The van der Waals surface area contributed by atoms with Gasteiger partial charge in [-0.3, -0.25) is 4.28 Å². The Balaban J connectivity index is 2.98. The summed E-state index contributed by atoms with van der Waals surface area (Å²) in [5.41, 5.74) is 0.441. The molecule has 102 valence electrons. The molecule has 1 aromatic rings. The number of hydrogen-bond acceptors (Lipinski definition) is 6. The minimum absolute atomic E-state index is 0.0723. The van der Waals surface area contributed by atoms with Gasteiger partial charge in [-0.1, -0.05) is 17.3 Å². The molecule has 0 bridgehead atoms. The van der Waals surface area contributed by atoms with Crippen molar-refractivity contribution in [1.82, 2.24) is 0 Å². The highest BCUT2D eigenvalue weighted by Gasteiger charge is 2.18. The van der Waals surface area contributed by atoms with Gasteiger partial charge in [-0.25, -0.2) is 0 Å². The van der Waals surface area contributed by atoms with Crippen molar-refractivity contribution < 1.29 is 12.7 Å². The third kappa shape index (κ3) is 4.26. The van der Waals surface area contributed by atoms with Crippen LogP contribution in [0.25, 0.3) is 0 Å². The number of benzene rings is 1. The van der Waals surface area contributed by atoms with E-state index in [9.17, 15) is 8.42 Å². The zero-order valence-corrected chi connectivity index (χ0v) is 12.5. The summed E-state index contributed by atoms with van der Waals surface area (Å²) in [7, 11) is -3.77. The maximum Gasteiger partial charge on any atom is 0.330 e. The molecule has 0 heterocycles. The van der Waals surface area contributed by atoms with E-state index in [-0.39, 0.29) is 5.71 Å². The molecule has 0 spiro atoms. The quantitative estimate of drug-likeness (QED) is 0.474. The Labute approximate surface area is 117 Å². The molecule has 0 aliphatic heterocycles. The fraction of sp³-hybridized carbons (Fsp3) is 0.333. The minimum atomic E-state index is -3.77. The Morgan fingerprint density at radius 1 is 1.37 bits per heavy atom. The zero-order chi connectivity index (χ0) is 14.5. The first kappa shape index (κ1) is 15.5. The van der Waals surface area contributed by atoms with E-state index in [2.05, 4.69) is 9.44 Å². The number of hydrogen-bond donors (Lipinski definition) is 0. The molecule has 1 rings (SSSR count). The SMILES string of the molecule is CSc1ccc(C(C#N)=NOS(=O)(=O)C(C)C)cc1. The van der Waals surface area contributed by atoms with Crippen LogP contribution < -0.4 is 0 Å². The average molecular weight is 298 g/mol. The van der Waals surface area contributed by atoms with Gasteiger partial charge in [0.15, 0.2) is 5.71 Å². The Kier molecular flexibility index (Phi) is 5.39. The van der Waals surface area contributed by atoms with Gasteiger partial charge in [-0.05, 0) is 32.2 Å². The standard InChI is InChI=1S/C12H14N2O3S2/c1-9(2)19(15,16)17-14-12(8-13)10-4-6-11(18-3)7-5-10/h4-7,9H,1-3H3. The van der Waals surface area contributed by atoms with Gasteiger partial charge < -0.3 is 0 Å². The van der Waals surface area contributed by atoms with Gasteiger partial charge in [-0.2, -0.15) is 13.7 Å². The number of nitriles is 1. The molecule has 0 N–H and O–H groups in total. The van der Waals surface area contributed by atoms with Crippen molar-refractivity contribution in [3.05, 3.63) is 29.8 Å². The number of nitrogens with zero attached hydrogens (tertiary/aromatic N) is 2. The average Bonchev–Trinajstić information content (AvgIpc) is 2.40. The summed E-state index contributed by atoms with van der Waals surface area (Å²) in [6, 6.07) is 8.85. The van der Waals surface area contributed by atoms with E-state index in [0.29, 0.717) is 5.56 Å². The van der Waals surface area contributed by atoms with Gasteiger partial charge in [0.05, 0.1) is 5.25 Å². The molecule has 0 fully saturated rings. The van der Waals surface area contributed by atoms with Crippen LogP contribution in [0.2, 0.25) is 0 Å². The second-order valence-corrected chi connectivity index (χ2v) is 6.85. The van der Waals surface area contributed by atoms with E-state index in [0.717, 1.165) is 4.90 Å². The first-order valence-electron chi connectivity index (χ1n) is 5.45. The van der Waals surface area contributed by atoms with Crippen molar-refractivity contribution in [2.75, 3.05) is 6.26 Å². The van der Waals surface area contributed by atoms with Crippen LogP contribution in [0.3, 0.4) is 0 Å². The molecular formula is C12H14N2O3S2. The normalized spacial score (nSPS) is 12.3. The van der Waals surface area contributed by atoms with Crippen molar-refractivity contribution in [2.45, 2.75) is 24.0 Å². The maximum atomic E-state index is 11.4. The molecule has 0 aliphatic carbocycles. The highest BCUT2D eigenvalue weighted by atomic mass is 32.2. The van der Waals surface area contributed by atoms with Crippen molar-refractivity contribution >= 4 is 27.6 Å². The molecule has 0 aliphatic rings. The van der Waals surface area contributed by atoms with Crippen LogP contribution in [0.15, 0.2) is 34.3 Å². The summed E-state index contributed by atoms with van der Waals surface area (Å²) in [6.45, 7) is 2.95. The lowest BCUT2D eigenvalue weighted by Crippen LogP contribution is -2.15. The lowest BCUT2D eigenvalue weighted by molar-refractivity contribution is 0.334. The maximum absolute atomic E-state index is 11.4. The Hall–Kier alpha value is -1.52. The molecule has 5 nitrogen and oxygen atoms in total. The molecule has 0 aromatic heterocycles. The van der Waals surface area contributed by atoms with Crippen molar-refractivity contribution in [2.24, 2.45) is 5.16 Å². The van der Waals surface area contributed by atoms with Gasteiger partial charge in [0, 0.05) is 10.5 Å². The fourth-order valence-corrected chi connectivity index (χ4v) is 1.82. The van der Waals surface area contributed by atoms with Gasteiger partial charge >= 0.3 is 10.1 Å². The van der Waals surface area contributed by atoms with E-state index >= 15 is 0 Å². The number of oxime groups is 1. The second-order valence-electron chi connectivity index (χ2n) is 3.90. The minimum Gasteiger partial charge on any atom is -0.267 e. The molecule has 0 saturated carbocycles. The van der Waals surface area contributed by atoms with E-state index in [1.807, 2.05) is 24.5 Å². The van der Waals surface area contributed by atoms with Gasteiger partial charge in [0.1, 0.15) is 6.07 Å². The van der Waals surface area contributed by atoms with Gasteiger partial charge in [-0.15, -0.1) is 11.8 Å². The van der Waals surface area contributed by atoms with Gasteiger partial charge in [0.2, 0.25) is 0 Å².